The molecule has 2 aliphatic heterocycles. The molecule has 1 spiro atoms. The summed E-state index contributed by atoms with van der Waals surface area (Å²) in [5.41, 5.74) is 0.592. The smallest absolute Gasteiger partial charge is 0.253 e. The molecule has 0 radical (unpaired) electrons. The lowest BCUT2D eigenvalue weighted by Gasteiger charge is -2.34. The van der Waals surface area contributed by atoms with Crippen molar-refractivity contribution in [2.75, 3.05) is 27.2 Å². The highest BCUT2D eigenvalue weighted by Gasteiger charge is 2.46. The molecular weight excluding hydrogens is 420 g/mol. The molecule has 2 amide bonds. The van der Waals surface area contributed by atoms with Crippen molar-refractivity contribution in [1.29, 1.82) is 0 Å². The first-order valence-electron chi connectivity index (χ1n) is 9.78. The molecule has 6 nitrogen and oxygen atoms in total. The van der Waals surface area contributed by atoms with E-state index in [0.29, 0.717) is 29.3 Å². The van der Waals surface area contributed by atoms with Gasteiger partial charge in [-0.1, -0.05) is 29.8 Å². The number of nitrogens with zero attached hydrogens (tertiary/aromatic N) is 3. The van der Waals surface area contributed by atoms with Gasteiger partial charge in [0, 0.05) is 48.2 Å². The second kappa shape index (κ2) is 8.41. The van der Waals surface area contributed by atoms with Gasteiger partial charge in [0.2, 0.25) is 0 Å². The minimum Gasteiger partial charge on any atom is -0.345 e. The number of carbonyl (C=O) groups excluding carboxylic acids is 2. The highest BCUT2D eigenvalue weighted by Crippen LogP contribution is 2.35. The molecule has 2 aliphatic rings. The van der Waals surface area contributed by atoms with Gasteiger partial charge in [-0.05, 0) is 55.1 Å². The van der Waals surface area contributed by atoms with E-state index in [2.05, 4.69) is 9.62 Å². The van der Waals surface area contributed by atoms with Crippen LogP contribution in [0.5, 0.6) is 0 Å². The normalized spacial score (nSPS) is 18.2. The van der Waals surface area contributed by atoms with E-state index in [1.807, 2.05) is 36.4 Å². The molecule has 4 rings (SSSR count). The van der Waals surface area contributed by atoms with Crippen molar-refractivity contribution in [3.05, 3.63) is 64.7 Å². The SMILES string of the molecule is CN(C)C(=O)c1cccc(C2=NC3(CCN(Sc4cccc(Cl)c4)CC3)C(=O)N2)c1. The van der Waals surface area contributed by atoms with Crippen molar-refractivity contribution < 1.29 is 9.59 Å². The molecular formula is C22H23ClN4O2S. The summed E-state index contributed by atoms with van der Waals surface area (Å²) in [4.78, 5) is 32.5. The largest absolute Gasteiger partial charge is 0.345 e. The van der Waals surface area contributed by atoms with Crippen LogP contribution in [-0.2, 0) is 4.79 Å². The minimum absolute atomic E-state index is 0.0609. The van der Waals surface area contributed by atoms with Crippen LogP contribution in [0.4, 0.5) is 0 Å². The molecule has 1 fully saturated rings. The molecule has 0 aromatic heterocycles. The Morgan fingerprint density at radius 2 is 1.90 bits per heavy atom. The summed E-state index contributed by atoms with van der Waals surface area (Å²) in [6, 6.07) is 15.0. The third kappa shape index (κ3) is 4.24. The lowest BCUT2D eigenvalue weighted by Crippen LogP contribution is -2.47. The van der Waals surface area contributed by atoms with Crippen LogP contribution in [0.3, 0.4) is 0 Å². The minimum atomic E-state index is -0.734. The van der Waals surface area contributed by atoms with E-state index in [9.17, 15) is 9.59 Å². The highest BCUT2D eigenvalue weighted by molar-refractivity contribution is 7.97. The lowest BCUT2D eigenvalue weighted by atomic mass is 9.89. The van der Waals surface area contributed by atoms with E-state index < -0.39 is 5.54 Å². The van der Waals surface area contributed by atoms with E-state index in [0.717, 1.165) is 23.5 Å². The molecule has 2 aromatic rings. The summed E-state index contributed by atoms with van der Waals surface area (Å²) in [6.45, 7) is 1.50. The van der Waals surface area contributed by atoms with Gasteiger partial charge < -0.3 is 10.2 Å². The van der Waals surface area contributed by atoms with Crippen molar-refractivity contribution >= 4 is 41.2 Å². The topological polar surface area (TPSA) is 65.0 Å². The van der Waals surface area contributed by atoms with Gasteiger partial charge in [-0.2, -0.15) is 0 Å². The molecule has 2 aromatic carbocycles. The van der Waals surface area contributed by atoms with Gasteiger partial charge in [-0.3, -0.25) is 14.6 Å². The summed E-state index contributed by atoms with van der Waals surface area (Å²) in [5, 5.41) is 3.66. The van der Waals surface area contributed by atoms with Crippen molar-refractivity contribution in [3.8, 4) is 0 Å². The maximum Gasteiger partial charge on any atom is 0.253 e. The summed E-state index contributed by atoms with van der Waals surface area (Å²) >= 11 is 7.73. The molecule has 1 N–H and O–H groups in total. The van der Waals surface area contributed by atoms with Gasteiger partial charge in [0.15, 0.2) is 0 Å². The van der Waals surface area contributed by atoms with Crippen LogP contribution in [0.1, 0.15) is 28.8 Å². The predicted octanol–water partition coefficient (Wildman–Crippen LogP) is 3.46. The van der Waals surface area contributed by atoms with Crippen LogP contribution >= 0.6 is 23.5 Å². The molecule has 0 unspecified atom stereocenters. The Labute approximate surface area is 185 Å². The number of hydrogen-bond donors (Lipinski definition) is 1. The van der Waals surface area contributed by atoms with E-state index in [-0.39, 0.29) is 11.8 Å². The molecule has 156 valence electrons. The second-order valence-corrected chi connectivity index (χ2v) is 9.31. The van der Waals surface area contributed by atoms with Crippen molar-refractivity contribution in [2.45, 2.75) is 23.3 Å². The Kier molecular flexibility index (Phi) is 5.86. The molecule has 0 aliphatic carbocycles. The Morgan fingerprint density at radius 3 is 2.60 bits per heavy atom. The Morgan fingerprint density at radius 1 is 1.17 bits per heavy atom. The summed E-state index contributed by atoms with van der Waals surface area (Å²) < 4.78 is 2.24. The highest BCUT2D eigenvalue weighted by atomic mass is 35.5. The number of rotatable bonds is 4. The van der Waals surface area contributed by atoms with E-state index in [1.54, 1.807) is 38.2 Å². The van der Waals surface area contributed by atoms with Gasteiger partial charge in [0.25, 0.3) is 11.8 Å². The molecule has 0 bridgehead atoms. The molecule has 0 atom stereocenters. The zero-order chi connectivity index (χ0) is 21.3. The first kappa shape index (κ1) is 20.9. The van der Waals surface area contributed by atoms with E-state index in [1.165, 1.54) is 4.90 Å². The second-order valence-electron chi connectivity index (χ2n) is 7.70. The first-order chi connectivity index (χ1) is 14.4. The van der Waals surface area contributed by atoms with Crippen LogP contribution < -0.4 is 5.32 Å². The summed E-state index contributed by atoms with van der Waals surface area (Å²) in [6.07, 6.45) is 1.29. The predicted molar refractivity (Wildman–Crippen MR) is 120 cm³/mol. The van der Waals surface area contributed by atoms with Crippen molar-refractivity contribution in [2.24, 2.45) is 4.99 Å². The van der Waals surface area contributed by atoms with Crippen LogP contribution in [0.25, 0.3) is 0 Å². The number of nitrogens with one attached hydrogen (secondary N) is 1. The van der Waals surface area contributed by atoms with Gasteiger partial charge in [0.1, 0.15) is 11.4 Å². The number of halogens is 1. The molecule has 0 saturated carbocycles. The lowest BCUT2D eigenvalue weighted by molar-refractivity contribution is -0.124. The van der Waals surface area contributed by atoms with Gasteiger partial charge >= 0.3 is 0 Å². The number of piperidine rings is 1. The maximum absolute atomic E-state index is 12.8. The van der Waals surface area contributed by atoms with Crippen LogP contribution in [0, 0.1) is 0 Å². The monoisotopic (exact) mass is 442 g/mol. The molecule has 1 saturated heterocycles. The fraction of sp³-hybridized carbons (Fsp3) is 0.318. The van der Waals surface area contributed by atoms with Gasteiger partial charge in [-0.15, -0.1) is 0 Å². The first-order valence-corrected chi connectivity index (χ1v) is 10.9. The summed E-state index contributed by atoms with van der Waals surface area (Å²) in [5.74, 6) is 0.404. The molecule has 2 heterocycles. The molecule has 30 heavy (non-hydrogen) atoms. The average molecular weight is 443 g/mol. The number of aliphatic imine (C=N–C) groups is 1. The Bertz CT molecular complexity index is 1020. The van der Waals surface area contributed by atoms with Crippen molar-refractivity contribution in [3.63, 3.8) is 0 Å². The standard InChI is InChI=1S/C22H23ClN4O2S/c1-26(2)20(28)16-6-3-5-15(13-16)19-24-21(29)22(25-19)9-11-27(12-10-22)30-18-8-4-7-17(23)14-18/h3-8,13-14H,9-12H2,1-2H3,(H,24,25,29). The van der Waals surface area contributed by atoms with E-state index >= 15 is 0 Å². The van der Waals surface area contributed by atoms with Crippen molar-refractivity contribution in [1.82, 2.24) is 14.5 Å². The number of hydrogen-bond acceptors (Lipinski definition) is 5. The molecule has 8 heteroatoms. The van der Waals surface area contributed by atoms with Gasteiger partial charge in [0.05, 0.1) is 0 Å². The average Bonchev–Trinajstić information content (AvgIpc) is 3.05. The van der Waals surface area contributed by atoms with Gasteiger partial charge in [-0.25, -0.2) is 4.31 Å². The third-order valence-corrected chi connectivity index (χ3v) is 6.67. The quantitative estimate of drug-likeness (QED) is 0.736. The number of amides is 2. The van der Waals surface area contributed by atoms with Crippen LogP contribution in [-0.4, -0.2) is 59.6 Å². The Hall–Kier alpha value is -2.35. The number of carbonyl (C=O) groups is 2. The fourth-order valence-electron chi connectivity index (χ4n) is 3.67. The zero-order valence-corrected chi connectivity index (χ0v) is 18.5. The van der Waals surface area contributed by atoms with Crippen LogP contribution in [0.15, 0.2) is 58.4 Å². The summed E-state index contributed by atoms with van der Waals surface area (Å²) in [7, 11) is 3.43. The number of amidine groups is 1. The third-order valence-electron chi connectivity index (χ3n) is 5.35. The zero-order valence-electron chi connectivity index (χ0n) is 16.9. The fourth-order valence-corrected chi connectivity index (χ4v) is 4.91. The maximum atomic E-state index is 12.8. The van der Waals surface area contributed by atoms with Crippen LogP contribution in [0.2, 0.25) is 5.02 Å². The Balaban J connectivity index is 1.48. The van der Waals surface area contributed by atoms with E-state index in [4.69, 9.17) is 16.6 Å². The number of benzene rings is 2.